The molecule has 1 aliphatic rings. The molecule has 0 fully saturated rings. The van der Waals surface area contributed by atoms with Crippen LogP contribution in [0.4, 0.5) is 22.0 Å². The van der Waals surface area contributed by atoms with Gasteiger partial charge in [-0.25, -0.2) is 28.0 Å². The van der Waals surface area contributed by atoms with Gasteiger partial charge in [0, 0.05) is 30.2 Å². The quantitative estimate of drug-likeness (QED) is 0.315. The molecule has 2 aromatic heterocycles. The molecule has 3 aromatic carbocycles. The van der Waals surface area contributed by atoms with E-state index in [1.807, 2.05) is 24.3 Å². The van der Waals surface area contributed by atoms with Crippen molar-refractivity contribution in [3.63, 3.8) is 0 Å². The van der Waals surface area contributed by atoms with Gasteiger partial charge in [0.05, 0.1) is 34.8 Å². The molecule has 0 saturated heterocycles. The molecule has 0 unspecified atom stereocenters. The Hall–Kier alpha value is -5.27. The molecule has 5 aromatic rings. The molecule has 4 N–H and O–H groups in total. The number of nitrogen functional groups attached to an aromatic ring is 1. The van der Waals surface area contributed by atoms with Crippen LogP contribution in [0.1, 0.15) is 16.2 Å². The summed E-state index contributed by atoms with van der Waals surface area (Å²) >= 11 is 0. The molecule has 0 atom stereocenters. The van der Waals surface area contributed by atoms with E-state index in [9.17, 15) is 18.0 Å². The molecule has 2 amide bonds. The number of ether oxygens (including phenoxy) is 1. The van der Waals surface area contributed by atoms with Crippen molar-refractivity contribution in [1.29, 1.82) is 0 Å². The van der Waals surface area contributed by atoms with Gasteiger partial charge in [-0.15, -0.1) is 0 Å². The number of aryl methyl sites for hydroxylation is 1. The SMILES string of the molecule is COC(=O)N1CCN(C(=O)c2cc(C)nn2-c2ccc3ccnc(N)c3c2)c2ccc(-c3ccccc3S(N)(=O)=O)cc21. The first-order valence-electron chi connectivity index (χ1n) is 13.2. The number of pyridine rings is 1. The minimum atomic E-state index is -4.03. The van der Waals surface area contributed by atoms with Gasteiger partial charge in [0.2, 0.25) is 10.0 Å². The highest BCUT2D eigenvalue weighted by molar-refractivity contribution is 7.89. The lowest BCUT2D eigenvalue weighted by Crippen LogP contribution is -2.46. The number of hydrogen-bond donors (Lipinski definition) is 2. The fraction of sp³-hybridized carbons (Fsp3) is 0.133. The number of fused-ring (bicyclic) bond motifs is 2. The third kappa shape index (κ3) is 4.94. The van der Waals surface area contributed by atoms with E-state index in [0.717, 1.165) is 10.8 Å². The largest absolute Gasteiger partial charge is 0.452 e. The second-order valence-corrected chi connectivity index (χ2v) is 11.5. The Morgan fingerprint density at radius 2 is 1.70 bits per heavy atom. The van der Waals surface area contributed by atoms with Gasteiger partial charge >= 0.3 is 6.09 Å². The number of methoxy groups -OCH3 is 1. The lowest BCUT2D eigenvalue weighted by Gasteiger charge is -2.36. The number of primary sulfonamides is 1. The van der Waals surface area contributed by atoms with Gasteiger partial charge in [0.25, 0.3) is 5.91 Å². The highest BCUT2D eigenvalue weighted by Crippen LogP contribution is 2.39. The van der Waals surface area contributed by atoms with E-state index in [1.165, 1.54) is 18.1 Å². The van der Waals surface area contributed by atoms with E-state index in [-0.39, 0.29) is 23.9 Å². The second-order valence-electron chi connectivity index (χ2n) is 10.0. The number of carbonyl (C=O) groups excluding carboxylic acids is 2. The van der Waals surface area contributed by atoms with Crippen molar-refractivity contribution in [3.8, 4) is 16.8 Å². The summed E-state index contributed by atoms with van der Waals surface area (Å²) in [5.74, 6) is 0.0204. The number of benzene rings is 3. The van der Waals surface area contributed by atoms with Crippen molar-refractivity contribution in [2.24, 2.45) is 5.14 Å². The van der Waals surface area contributed by atoms with Crippen molar-refractivity contribution < 1.29 is 22.7 Å². The zero-order valence-electron chi connectivity index (χ0n) is 23.3. The molecule has 1 aliphatic heterocycles. The standard InChI is InChI=1S/C30H27N7O5S/c1-18-15-26(37(34-18)21-9-7-19-11-12-33-28(31)23(19)17-21)29(38)35-13-14-36(30(39)42-2)25-16-20(8-10-24(25)35)22-5-3-4-6-27(22)43(32,40)41/h3-12,15-17H,13-14H2,1-2H3,(H2,31,33)(H2,32,40,41). The molecule has 3 heterocycles. The van der Waals surface area contributed by atoms with E-state index in [1.54, 1.807) is 65.2 Å². The number of rotatable bonds is 4. The number of aromatic nitrogens is 3. The molecule has 0 spiro atoms. The maximum absolute atomic E-state index is 14.2. The van der Waals surface area contributed by atoms with Crippen molar-refractivity contribution >= 4 is 50.0 Å². The summed E-state index contributed by atoms with van der Waals surface area (Å²) in [6, 6.07) is 20.4. The second kappa shape index (κ2) is 10.5. The number of carbonyl (C=O) groups is 2. The van der Waals surface area contributed by atoms with Crippen LogP contribution in [0.2, 0.25) is 0 Å². The minimum Gasteiger partial charge on any atom is -0.452 e. The van der Waals surface area contributed by atoms with Crippen LogP contribution in [0, 0.1) is 6.92 Å². The van der Waals surface area contributed by atoms with Gasteiger partial charge in [0.1, 0.15) is 11.5 Å². The van der Waals surface area contributed by atoms with E-state index in [2.05, 4.69) is 10.1 Å². The van der Waals surface area contributed by atoms with Crippen LogP contribution in [0.25, 0.3) is 27.6 Å². The zero-order valence-corrected chi connectivity index (χ0v) is 24.1. The maximum Gasteiger partial charge on any atom is 0.414 e. The topological polar surface area (TPSA) is 167 Å². The molecule has 0 aliphatic carbocycles. The Balaban J connectivity index is 1.45. The van der Waals surface area contributed by atoms with Crippen LogP contribution < -0.4 is 20.7 Å². The smallest absolute Gasteiger partial charge is 0.414 e. The molecule has 0 saturated carbocycles. The van der Waals surface area contributed by atoms with Crippen molar-refractivity contribution in [3.05, 3.63) is 90.4 Å². The van der Waals surface area contributed by atoms with Crippen LogP contribution in [0.15, 0.2) is 83.9 Å². The monoisotopic (exact) mass is 597 g/mol. The number of anilines is 3. The van der Waals surface area contributed by atoms with Gasteiger partial charge in [-0.3, -0.25) is 9.69 Å². The molecule has 12 nitrogen and oxygen atoms in total. The first-order chi connectivity index (χ1) is 20.6. The normalized spacial score (nSPS) is 13.2. The minimum absolute atomic E-state index is 0.0612. The highest BCUT2D eigenvalue weighted by Gasteiger charge is 2.33. The van der Waals surface area contributed by atoms with Crippen molar-refractivity contribution in [2.45, 2.75) is 11.8 Å². The molecule has 13 heteroatoms. The fourth-order valence-electron chi connectivity index (χ4n) is 5.34. The third-order valence-corrected chi connectivity index (χ3v) is 8.29. The van der Waals surface area contributed by atoms with E-state index >= 15 is 0 Å². The third-order valence-electron chi connectivity index (χ3n) is 7.32. The lowest BCUT2D eigenvalue weighted by atomic mass is 10.0. The number of amides is 2. The summed E-state index contributed by atoms with van der Waals surface area (Å²) in [5.41, 5.74) is 9.35. The first-order valence-corrected chi connectivity index (χ1v) is 14.8. The molecule has 43 heavy (non-hydrogen) atoms. The molecule has 0 radical (unpaired) electrons. The molecule has 6 rings (SSSR count). The van der Waals surface area contributed by atoms with E-state index in [4.69, 9.17) is 15.6 Å². The van der Waals surface area contributed by atoms with Gasteiger partial charge in [0.15, 0.2) is 0 Å². The summed E-state index contributed by atoms with van der Waals surface area (Å²) < 4.78 is 31.2. The van der Waals surface area contributed by atoms with Crippen molar-refractivity contribution in [2.75, 3.05) is 35.7 Å². The highest BCUT2D eigenvalue weighted by atomic mass is 32.2. The summed E-state index contributed by atoms with van der Waals surface area (Å²) in [7, 11) is -2.76. The Morgan fingerprint density at radius 3 is 2.47 bits per heavy atom. The number of nitrogens with zero attached hydrogens (tertiary/aromatic N) is 5. The van der Waals surface area contributed by atoms with E-state index in [0.29, 0.717) is 45.4 Å². The average molecular weight is 598 g/mol. The van der Waals surface area contributed by atoms with Gasteiger partial charge < -0.3 is 15.4 Å². The Bertz CT molecular complexity index is 2040. The molecule has 0 bridgehead atoms. The molecular formula is C30H27N7O5S. The summed E-state index contributed by atoms with van der Waals surface area (Å²) in [4.78, 5) is 34.0. The van der Waals surface area contributed by atoms with Crippen LogP contribution in [-0.4, -0.2) is 55.4 Å². The molecular weight excluding hydrogens is 570 g/mol. The Kier molecular flexibility index (Phi) is 6.83. The lowest BCUT2D eigenvalue weighted by molar-refractivity contribution is 0.0978. The van der Waals surface area contributed by atoms with Gasteiger partial charge in [-0.05, 0) is 60.3 Å². The summed E-state index contributed by atoms with van der Waals surface area (Å²) in [6.07, 6.45) is 1.02. The number of nitrogens with two attached hydrogens (primary N) is 2. The van der Waals surface area contributed by atoms with Gasteiger partial charge in [-0.1, -0.05) is 30.3 Å². The Labute approximate surface area is 247 Å². The molecule has 218 valence electrons. The first kappa shape index (κ1) is 27.9. The zero-order chi connectivity index (χ0) is 30.5. The van der Waals surface area contributed by atoms with Crippen LogP contribution in [-0.2, 0) is 14.8 Å². The maximum atomic E-state index is 14.2. The predicted octanol–water partition coefficient (Wildman–Crippen LogP) is 3.86. The number of hydrogen-bond acceptors (Lipinski definition) is 8. The van der Waals surface area contributed by atoms with Gasteiger partial charge in [-0.2, -0.15) is 5.10 Å². The fourth-order valence-corrected chi connectivity index (χ4v) is 6.10. The number of sulfonamides is 1. The van der Waals surface area contributed by atoms with Crippen LogP contribution >= 0.6 is 0 Å². The Morgan fingerprint density at radius 1 is 0.930 bits per heavy atom. The van der Waals surface area contributed by atoms with Crippen LogP contribution in [0.3, 0.4) is 0 Å². The average Bonchev–Trinajstić information content (AvgIpc) is 3.40. The van der Waals surface area contributed by atoms with E-state index < -0.39 is 16.1 Å². The van der Waals surface area contributed by atoms with Crippen molar-refractivity contribution in [1.82, 2.24) is 14.8 Å². The summed E-state index contributed by atoms with van der Waals surface area (Å²) in [6.45, 7) is 2.10. The summed E-state index contributed by atoms with van der Waals surface area (Å²) in [5, 5.41) is 11.7. The predicted molar refractivity (Wildman–Crippen MR) is 163 cm³/mol. The van der Waals surface area contributed by atoms with Crippen LogP contribution in [0.5, 0.6) is 0 Å².